The Bertz CT molecular complexity index is 367. The second kappa shape index (κ2) is 4.67. The standard InChI is InChI=1S/C9H8N2O2S2/c12-8-4-5-9(13)11(8)15-14-7-3-1-2-6-10-7/h1-3,6H,4-5H2. The van der Waals surface area contributed by atoms with Crippen LogP contribution in [-0.2, 0) is 9.59 Å². The monoisotopic (exact) mass is 240 g/mol. The average molecular weight is 240 g/mol. The van der Waals surface area contributed by atoms with Crippen LogP contribution in [0.1, 0.15) is 12.8 Å². The minimum Gasteiger partial charge on any atom is -0.273 e. The van der Waals surface area contributed by atoms with Gasteiger partial charge in [-0.25, -0.2) is 9.29 Å². The normalized spacial score (nSPS) is 16.1. The van der Waals surface area contributed by atoms with Crippen LogP contribution in [0.3, 0.4) is 0 Å². The van der Waals surface area contributed by atoms with E-state index in [4.69, 9.17) is 0 Å². The van der Waals surface area contributed by atoms with Crippen LogP contribution in [0.2, 0.25) is 0 Å². The van der Waals surface area contributed by atoms with Gasteiger partial charge in [0.25, 0.3) is 0 Å². The van der Waals surface area contributed by atoms with Crippen molar-refractivity contribution in [2.24, 2.45) is 0 Å². The molecule has 1 aromatic rings. The number of nitrogens with zero attached hydrogens (tertiary/aromatic N) is 2. The number of hydrogen-bond donors (Lipinski definition) is 0. The maximum Gasteiger partial charge on any atom is 0.240 e. The molecule has 78 valence electrons. The highest BCUT2D eigenvalue weighted by Gasteiger charge is 2.30. The van der Waals surface area contributed by atoms with E-state index < -0.39 is 0 Å². The Morgan fingerprint density at radius 2 is 1.93 bits per heavy atom. The van der Waals surface area contributed by atoms with E-state index in [2.05, 4.69) is 4.98 Å². The molecule has 2 rings (SSSR count). The van der Waals surface area contributed by atoms with E-state index in [1.807, 2.05) is 18.2 Å². The maximum absolute atomic E-state index is 11.3. The Morgan fingerprint density at radius 3 is 2.53 bits per heavy atom. The molecule has 1 fully saturated rings. The van der Waals surface area contributed by atoms with Crippen molar-refractivity contribution in [1.82, 2.24) is 9.29 Å². The first kappa shape index (κ1) is 10.5. The lowest BCUT2D eigenvalue weighted by Crippen LogP contribution is -2.19. The summed E-state index contributed by atoms with van der Waals surface area (Å²) in [5.74, 6) is -0.234. The highest BCUT2D eigenvalue weighted by Crippen LogP contribution is 2.35. The first-order chi connectivity index (χ1) is 7.27. The SMILES string of the molecule is O=C1CCC(=O)N1SSc1ccccn1. The number of carbonyl (C=O) groups is 2. The van der Waals surface area contributed by atoms with Gasteiger partial charge in [0.1, 0.15) is 5.03 Å². The molecule has 15 heavy (non-hydrogen) atoms. The molecule has 0 spiro atoms. The predicted octanol–water partition coefficient (Wildman–Crippen LogP) is 1.89. The van der Waals surface area contributed by atoms with Gasteiger partial charge >= 0.3 is 0 Å². The topological polar surface area (TPSA) is 50.3 Å². The van der Waals surface area contributed by atoms with Crippen molar-refractivity contribution in [3.8, 4) is 0 Å². The van der Waals surface area contributed by atoms with Gasteiger partial charge in [-0.05, 0) is 22.9 Å². The molecule has 1 aromatic heterocycles. The van der Waals surface area contributed by atoms with E-state index in [1.54, 1.807) is 6.20 Å². The molecule has 0 bridgehead atoms. The Balaban J connectivity index is 1.93. The van der Waals surface area contributed by atoms with Crippen molar-refractivity contribution in [2.45, 2.75) is 17.9 Å². The summed E-state index contributed by atoms with van der Waals surface area (Å²) >= 11 is 0. The molecule has 0 saturated carbocycles. The van der Waals surface area contributed by atoms with Crippen molar-refractivity contribution >= 4 is 33.6 Å². The van der Waals surface area contributed by atoms with Gasteiger partial charge in [0, 0.05) is 30.0 Å². The molecule has 0 atom stereocenters. The van der Waals surface area contributed by atoms with E-state index >= 15 is 0 Å². The van der Waals surface area contributed by atoms with E-state index in [9.17, 15) is 9.59 Å². The summed E-state index contributed by atoms with van der Waals surface area (Å²) < 4.78 is 1.21. The highest BCUT2D eigenvalue weighted by atomic mass is 33.1. The molecule has 6 heteroatoms. The Labute approximate surface area is 95.0 Å². The molecule has 1 aliphatic rings. The van der Waals surface area contributed by atoms with Crippen LogP contribution in [-0.4, -0.2) is 21.1 Å². The van der Waals surface area contributed by atoms with Gasteiger partial charge in [-0.15, -0.1) is 0 Å². The Hall–Kier alpha value is -1.01. The Morgan fingerprint density at radius 1 is 1.20 bits per heavy atom. The molecule has 0 N–H and O–H groups in total. The second-order valence-electron chi connectivity index (χ2n) is 2.91. The van der Waals surface area contributed by atoms with E-state index in [-0.39, 0.29) is 11.8 Å². The van der Waals surface area contributed by atoms with Gasteiger partial charge in [-0.1, -0.05) is 6.07 Å². The van der Waals surface area contributed by atoms with Gasteiger partial charge in [0.15, 0.2) is 0 Å². The predicted molar refractivity (Wildman–Crippen MR) is 58.8 cm³/mol. The molecule has 2 amide bonds. The summed E-state index contributed by atoms with van der Waals surface area (Å²) in [5, 5.41) is 0.787. The van der Waals surface area contributed by atoms with E-state index in [1.165, 1.54) is 15.1 Å². The number of aromatic nitrogens is 1. The summed E-state index contributed by atoms with van der Waals surface area (Å²) in [7, 11) is 2.46. The molecule has 4 nitrogen and oxygen atoms in total. The van der Waals surface area contributed by atoms with Crippen molar-refractivity contribution in [3.05, 3.63) is 24.4 Å². The summed E-state index contributed by atoms with van der Waals surface area (Å²) in [4.78, 5) is 26.6. The van der Waals surface area contributed by atoms with Crippen LogP contribution < -0.4 is 0 Å². The van der Waals surface area contributed by atoms with Gasteiger partial charge < -0.3 is 0 Å². The second-order valence-corrected chi connectivity index (χ2v) is 4.95. The van der Waals surface area contributed by atoms with Crippen LogP contribution in [0.25, 0.3) is 0 Å². The molecule has 0 radical (unpaired) electrons. The van der Waals surface area contributed by atoms with Crippen molar-refractivity contribution in [3.63, 3.8) is 0 Å². The average Bonchev–Trinajstić information content (AvgIpc) is 2.58. The molecular formula is C9H8N2O2S2. The first-order valence-electron chi connectivity index (χ1n) is 4.39. The van der Waals surface area contributed by atoms with E-state index in [0.717, 1.165) is 16.0 Å². The quantitative estimate of drug-likeness (QED) is 0.459. The van der Waals surface area contributed by atoms with Crippen LogP contribution in [0.15, 0.2) is 29.4 Å². The van der Waals surface area contributed by atoms with Gasteiger partial charge in [0.2, 0.25) is 11.8 Å². The number of imide groups is 1. The number of pyridine rings is 1. The summed E-state index contributed by atoms with van der Waals surface area (Å²) in [6, 6.07) is 5.52. The van der Waals surface area contributed by atoms with Crippen molar-refractivity contribution < 1.29 is 9.59 Å². The number of hydrogen-bond acceptors (Lipinski definition) is 5. The lowest BCUT2D eigenvalue weighted by Gasteiger charge is -2.09. The first-order valence-corrected chi connectivity index (χ1v) is 6.49. The fourth-order valence-electron chi connectivity index (χ4n) is 1.11. The molecule has 1 saturated heterocycles. The van der Waals surface area contributed by atoms with Gasteiger partial charge in [-0.2, -0.15) is 0 Å². The van der Waals surface area contributed by atoms with Crippen LogP contribution >= 0.6 is 21.8 Å². The fourth-order valence-corrected chi connectivity index (χ4v) is 3.10. The highest BCUT2D eigenvalue weighted by molar-refractivity contribution is 8.76. The third kappa shape index (κ3) is 2.51. The zero-order valence-corrected chi connectivity index (χ0v) is 9.38. The third-order valence-corrected chi connectivity index (χ3v) is 4.07. The molecule has 0 unspecified atom stereocenters. The summed E-state index contributed by atoms with van der Waals surface area (Å²) in [5.41, 5.74) is 0. The van der Waals surface area contributed by atoms with Crippen LogP contribution in [0.5, 0.6) is 0 Å². The zero-order chi connectivity index (χ0) is 10.7. The zero-order valence-electron chi connectivity index (χ0n) is 7.75. The maximum atomic E-state index is 11.3. The molecule has 0 aliphatic carbocycles. The lowest BCUT2D eigenvalue weighted by atomic mass is 10.4. The molecular weight excluding hydrogens is 232 g/mol. The van der Waals surface area contributed by atoms with Crippen LogP contribution in [0, 0.1) is 0 Å². The number of rotatable bonds is 3. The number of carbonyl (C=O) groups excluding carboxylic acids is 2. The summed E-state index contributed by atoms with van der Waals surface area (Å²) in [6.45, 7) is 0. The van der Waals surface area contributed by atoms with Gasteiger partial charge in [0.05, 0.1) is 0 Å². The fraction of sp³-hybridized carbons (Fsp3) is 0.222. The largest absolute Gasteiger partial charge is 0.273 e. The van der Waals surface area contributed by atoms with Crippen LogP contribution in [0.4, 0.5) is 0 Å². The smallest absolute Gasteiger partial charge is 0.240 e. The molecule has 0 aromatic carbocycles. The van der Waals surface area contributed by atoms with Crippen molar-refractivity contribution in [1.29, 1.82) is 0 Å². The van der Waals surface area contributed by atoms with Crippen molar-refractivity contribution in [2.75, 3.05) is 0 Å². The summed E-state index contributed by atoms with van der Waals surface area (Å²) in [6.07, 6.45) is 2.33. The molecule has 1 aliphatic heterocycles. The van der Waals surface area contributed by atoms with E-state index in [0.29, 0.717) is 12.8 Å². The van der Waals surface area contributed by atoms with Gasteiger partial charge in [-0.3, -0.25) is 9.59 Å². The minimum atomic E-state index is -0.117. The number of amides is 2. The lowest BCUT2D eigenvalue weighted by molar-refractivity contribution is -0.131. The third-order valence-electron chi connectivity index (χ3n) is 1.84. The minimum absolute atomic E-state index is 0.117. The molecule has 2 heterocycles. The Kier molecular flexibility index (Phi) is 3.27.